The van der Waals surface area contributed by atoms with Crippen LogP contribution in [0.1, 0.15) is 22.0 Å². The molecule has 0 aliphatic carbocycles. The SMILES string of the molecule is CN1CCN(C(=O)c2cccc3ncccc23)C(c2ccccc2)C1. The van der Waals surface area contributed by atoms with Crippen LogP contribution in [-0.4, -0.2) is 47.4 Å². The summed E-state index contributed by atoms with van der Waals surface area (Å²) >= 11 is 0. The summed E-state index contributed by atoms with van der Waals surface area (Å²) in [5.74, 6) is 0.0838. The summed E-state index contributed by atoms with van der Waals surface area (Å²) in [5.41, 5.74) is 2.77. The van der Waals surface area contributed by atoms with E-state index in [1.807, 2.05) is 53.4 Å². The minimum absolute atomic E-state index is 0.0689. The third-order valence-electron chi connectivity index (χ3n) is 4.90. The number of hydrogen-bond acceptors (Lipinski definition) is 3. The van der Waals surface area contributed by atoms with Gasteiger partial charge >= 0.3 is 0 Å². The number of rotatable bonds is 2. The zero-order valence-electron chi connectivity index (χ0n) is 14.3. The first kappa shape index (κ1) is 15.8. The van der Waals surface area contributed by atoms with Gasteiger partial charge in [0.25, 0.3) is 5.91 Å². The van der Waals surface area contributed by atoms with Crippen molar-refractivity contribution in [3.63, 3.8) is 0 Å². The van der Waals surface area contributed by atoms with E-state index in [1.165, 1.54) is 5.56 Å². The number of piperazine rings is 1. The summed E-state index contributed by atoms with van der Waals surface area (Å²) in [4.78, 5) is 22.1. The molecule has 25 heavy (non-hydrogen) atoms. The Bertz CT molecular complexity index is 889. The maximum Gasteiger partial charge on any atom is 0.255 e. The zero-order valence-corrected chi connectivity index (χ0v) is 14.3. The van der Waals surface area contributed by atoms with Crippen molar-refractivity contribution in [1.29, 1.82) is 0 Å². The summed E-state index contributed by atoms with van der Waals surface area (Å²) in [6.07, 6.45) is 1.76. The summed E-state index contributed by atoms with van der Waals surface area (Å²) in [5, 5.41) is 0.917. The van der Waals surface area contributed by atoms with E-state index in [0.29, 0.717) is 0 Å². The Labute approximate surface area is 147 Å². The van der Waals surface area contributed by atoms with Crippen LogP contribution in [0.15, 0.2) is 66.9 Å². The Morgan fingerprint density at radius 1 is 1.00 bits per heavy atom. The van der Waals surface area contributed by atoms with Gasteiger partial charge in [-0.3, -0.25) is 9.78 Å². The van der Waals surface area contributed by atoms with Gasteiger partial charge in [-0.15, -0.1) is 0 Å². The Morgan fingerprint density at radius 3 is 2.68 bits per heavy atom. The van der Waals surface area contributed by atoms with Crippen LogP contribution in [0.5, 0.6) is 0 Å². The van der Waals surface area contributed by atoms with Crippen molar-refractivity contribution in [2.24, 2.45) is 0 Å². The van der Waals surface area contributed by atoms with E-state index in [1.54, 1.807) is 6.20 Å². The summed E-state index contributed by atoms with van der Waals surface area (Å²) in [7, 11) is 2.11. The fourth-order valence-electron chi connectivity index (χ4n) is 3.57. The minimum atomic E-state index is 0.0689. The standard InChI is InChI=1S/C21H21N3O/c1-23-13-14-24(20(15-23)16-7-3-2-4-8-16)21(25)18-9-5-11-19-17(18)10-6-12-22-19/h2-12,20H,13-15H2,1H3. The highest BCUT2D eigenvalue weighted by molar-refractivity contribution is 6.06. The van der Waals surface area contributed by atoms with Gasteiger partial charge in [-0.25, -0.2) is 0 Å². The Kier molecular flexibility index (Phi) is 4.20. The van der Waals surface area contributed by atoms with Crippen molar-refractivity contribution in [3.05, 3.63) is 78.0 Å². The van der Waals surface area contributed by atoms with Crippen LogP contribution >= 0.6 is 0 Å². The molecule has 0 N–H and O–H groups in total. The molecule has 1 aliphatic rings. The number of hydrogen-bond donors (Lipinski definition) is 0. The smallest absolute Gasteiger partial charge is 0.255 e. The van der Waals surface area contributed by atoms with Gasteiger partial charge in [0, 0.05) is 36.8 Å². The van der Waals surface area contributed by atoms with E-state index in [0.717, 1.165) is 36.1 Å². The van der Waals surface area contributed by atoms with E-state index in [-0.39, 0.29) is 11.9 Å². The normalized spacial score (nSPS) is 18.4. The first-order valence-corrected chi connectivity index (χ1v) is 8.62. The van der Waals surface area contributed by atoms with Gasteiger partial charge in [-0.05, 0) is 30.8 Å². The maximum atomic E-state index is 13.4. The topological polar surface area (TPSA) is 36.4 Å². The average Bonchev–Trinajstić information content (AvgIpc) is 2.67. The van der Waals surface area contributed by atoms with Gasteiger partial charge in [0.15, 0.2) is 0 Å². The van der Waals surface area contributed by atoms with Crippen molar-refractivity contribution in [1.82, 2.24) is 14.8 Å². The third-order valence-corrected chi connectivity index (χ3v) is 4.90. The van der Waals surface area contributed by atoms with Crippen LogP contribution in [0, 0.1) is 0 Å². The molecule has 1 unspecified atom stereocenters. The molecule has 3 aromatic rings. The molecule has 1 atom stereocenters. The van der Waals surface area contributed by atoms with E-state index < -0.39 is 0 Å². The number of likely N-dealkylation sites (N-methyl/N-ethyl adjacent to an activating group) is 1. The molecule has 0 saturated carbocycles. The third kappa shape index (κ3) is 3.01. The molecule has 4 heteroatoms. The molecule has 0 radical (unpaired) electrons. The molecule has 126 valence electrons. The minimum Gasteiger partial charge on any atom is -0.329 e. The van der Waals surface area contributed by atoms with Gasteiger partial charge in [0.05, 0.1) is 11.6 Å². The van der Waals surface area contributed by atoms with Gasteiger partial charge in [0.1, 0.15) is 0 Å². The lowest BCUT2D eigenvalue weighted by molar-refractivity contribution is 0.0500. The van der Waals surface area contributed by atoms with Crippen LogP contribution in [0.25, 0.3) is 10.9 Å². The zero-order chi connectivity index (χ0) is 17.2. The van der Waals surface area contributed by atoms with Crippen molar-refractivity contribution >= 4 is 16.8 Å². The number of benzene rings is 2. The second-order valence-electron chi connectivity index (χ2n) is 6.56. The molecular weight excluding hydrogens is 310 g/mol. The van der Waals surface area contributed by atoms with E-state index in [4.69, 9.17) is 0 Å². The van der Waals surface area contributed by atoms with Gasteiger partial charge in [-0.1, -0.05) is 42.5 Å². The van der Waals surface area contributed by atoms with Crippen LogP contribution in [0.4, 0.5) is 0 Å². The van der Waals surface area contributed by atoms with Gasteiger partial charge in [0.2, 0.25) is 0 Å². The lowest BCUT2D eigenvalue weighted by atomic mass is 10.00. The van der Waals surface area contributed by atoms with Crippen molar-refractivity contribution in [2.45, 2.75) is 6.04 Å². The molecule has 0 bridgehead atoms. The molecule has 1 amide bonds. The predicted molar refractivity (Wildman–Crippen MR) is 99.5 cm³/mol. The van der Waals surface area contributed by atoms with Crippen LogP contribution in [0.2, 0.25) is 0 Å². The quantitative estimate of drug-likeness (QED) is 0.722. The fourth-order valence-corrected chi connectivity index (χ4v) is 3.57. The summed E-state index contributed by atoms with van der Waals surface area (Å²) in [6.45, 7) is 2.46. The summed E-state index contributed by atoms with van der Waals surface area (Å²) in [6, 6.07) is 20.0. The first-order chi connectivity index (χ1) is 12.2. The number of aromatic nitrogens is 1. The molecule has 1 aromatic heterocycles. The van der Waals surface area contributed by atoms with Crippen LogP contribution in [0.3, 0.4) is 0 Å². The second kappa shape index (κ2) is 6.65. The number of pyridine rings is 1. The van der Waals surface area contributed by atoms with Crippen LogP contribution < -0.4 is 0 Å². The maximum absolute atomic E-state index is 13.4. The van der Waals surface area contributed by atoms with Gasteiger partial charge in [-0.2, -0.15) is 0 Å². The number of carbonyl (C=O) groups excluding carboxylic acids is 1. The number of amides is 1. The highest BCUT2D eigenvalue weighted by atomic mass is 16.2. The largest absolute Gasteiger partial charge is 0.329 e. The molecule has 1 saturated heterocycles. The van der Waals surface area contributed by atoms with E-state index in [2.05, 4.69) is 29.1 Å². The molecule has 0 spiro atoms. The molecular formula is C21H21N3O. The summed E-state index contributed by atoms with van der Waals surface area (Å²) < 4.78 is 0. The molecule has 2 heterocycles. The highest BCUT2D eigenvalue weighted by Crippen LogP contribution is 2.28. The number of carbonyl (C=O) groups is 1. The van der Waals surface area contributed by atoms with Crippen molar-refractivity contribution in [2.75, 3.05) is 26.7 Å². The number of nitrogens with zero attached hydrogens (tertiary/aromatic N) is 3. The Balaban J connectivity index is 1.74. The highest BCUT2D eigenvalue weighted by Gasteiger charge is 2.31. The molecule has 4 nitrogen and oxygen atoms in total. The van der Waals surface area contributed by atoms with Crippen molar-refractivity contribution < 1.29 is 4.79 Å². The second-order valence-corrected chi connectivity index (χ2v) is 6.56. The predicted octanol–water partition coefficient (Wildman–Crippen LogP) is 3.36. The van der Waals surface area contributed by atoms with Crippen LogP contribution in [-0.2, 0) is 0 Å². The first-order valence-electron chi connectivity index (χ1n) is 8.62. The van der Waals surface area contributed by atoms with Gasteiger partial charge < -0.3 is 9.80 Å². The lowest BCUT2D eigenvalue weighted by Gasteiger charge is -2.40. The number of fused-ring (bicyclic) bond motifs is 1. The molecule has 2 aromatic carbocycles. The average molecular weight is 331 g/mol. The van der Waals surface area contributed by atoms with E-state index >= 15 is 0 Å². The molecule has 1 fully saturated rings. The molecule has 1 aliphatic heterocycles. The molecule has 4 rings (SSSR count). The van der Waals surface area contributed by atoms with Crippen molar-refractivity contribution in [3.8, 4) is 0 Å². The monoisotopic (exact) mass is 331 g/mol. The fraction of sp³-hybridized carbons (Fsp3) is 0.238. The Hall–Kier alpha value is -2.72. The van der Waals surface area contributed by atoms with E-state index in [9.17, 15) is 4.79 Å². The lowest BCUT2D eigenvalue weighted by Crippen LogP contribution is -2.49. The Morgan fingerprint density at radius 2 is 1.84 bits per heavy atom.